The topological polar surface area (TPSA) is 56.2 Å². The molecule has 0 fully saturated rings. The molecule has 0 spiro atoms. The van der Waals surface area contributed by atoms with Crippen LogP contribution >= 0.6 is 11.3 Å². The summed E-state index contributed by atoms with van der Waals surface area (Å²) in [7, 11) is 1.65. The van der Waals surface area contributed by atoms with E-state index in [1.54, 1.807) is 29.3 Å². The lowest BCUT2D eigenvalue weighted by molar-refractivity contribution is 0.414. The molecular formula is C25H25N3O2S. The van der Waals surface area contributed by atoms with Gasteiger partial charge in [-0.15, -0.1) is 11.3 Å². The van der Waals surface area contributed by atoms with Crippen molar-refractivity contribution >= 4 is 21.6 Å². The van der Waals surface area contributed by atoms with Crippen molar-refractivity contribution in [3.8, 4) is 5.75 Å². The molecular weight excluding hydrogens is 406 g/mol. The zero-order valence-corrected chi connectivity index (χ0v) is 18.3. The Morgan fingerprint density at radius 3 is 2.71 bits per heavy atom. The summed E-state index contributed by atoms with van der Waals surface area (Å²) in [5, 5.41) is 4.50. The van der Waals surface area contributed by atoms with E-state index < -0.39 is 0 Å². The number of ether oxygens (including phenoxy) is 1. The number of hydrogen-bond donors (Lipinski definition) is 1. The number of aryl methyl sites for hydroxylation is 1. The average Bonchev–Trinajstić information content (AvgIpc) is 3.19. The zero-order chi connectivity index (χ0) is 21.2. The van der Waals surface area contributed by atoms with Gasteiger partial charge in [0.1, 0.15) is 10.6 Å². The molecule has 0 saturated carbocycles. The Bertz CT molecular complexity index is 1250. The van der Waals surface area contributed by atoms with E-state index in [0.717, 1.165) is 47.3 Å². The molecule has 0 radical (unpaired) electrons. The van der Waals surface area contributed by atoms with Gasteiger partial charge in [-0.25, -0.2) is 4.98 Å². The van der Waals surface area contributed by atoms with Gasteiger partial charge in [0, 0.05) is 17.5 Å². The zero-order valence-electron chi connectivity index (χ0n) is 17.5. The van der Waals surface area contributed by atoms with Crippen LogP contribution in [-0.4, -0.2) is 22.7 Å². The Morgan fingerprint density at radius 2 is 1.94 bits per heavy atom. The third-order valence-electron chi connectivity index (χ3n) is 5.99. The number of nitrogens with zero attached hydrogens (tertiary/aromatic N) is 2. The Labute approximate surface area is 185 Å². The maximum Gasteiger partial charge on any atom is 0.262 e. The number of nitrogens with one attached hydrogen (secondary N) is 1. The van der Waals surface area contributed by atoms with Crippen molar-refractivity contribution in [2.75, 3.05) is 7.11 Å². The lowest BCUT2D eigenvalue weighted by atomic mass is 9.93. The molecule has 0 bridgehead atoms. The molecule has 0 unspecified atom stereocenters. The van der Waals surface area contributed by atoms with Gasteiger partial charge in [-0.3, -0.25) is 9.36 Å². The standard InChI is InChI=1S/C25H25N3O2S/c1-30-20-10-7-18(8-11-20)15-28-16-27-24-23(25(28)29)21-12-9-19(13-22(21)31-24)26-14-17-5-3-2-4-6-17/h2-8,10-11,16,19,26H,9,12-15H2,1H3/t19-/m1/s1. The second-order valence-corrected chi connectivity index (χ2v) is 9.10. The third-order valence-corrected chi connectivity index (χ3v) is 7.15. The molecule has 31 heavy (non-hydrogen) atoms. The molecule has 4 aromatic rings. The summed E-state index contributed by atoms with van der Waals surface area (Å²) in [6.45, 7) is 1.39. The van der Waals surface area contributed by atoms with Crippen LogP contribution in [0.25, 0.3) is 10.2 Å². The molecule has 158 valence electrons. The van der Waals surface area contributed by atoms with Crippen molar-refractivity contribution < 1.29 is 4.74 Å². The van der Waals surface area contributed by atoms with Crippen LogP contribution in [0.5, 0.6) is 5.75 Å². The van der Waals surface area contributed by atoms with Gasteiger partial charge < -0.3 is 10.1 Å². The molecule has 0 aliphatic heterocycles. The highest BCUT2D eigenvalue weighted by Gasteiger charge is 2.25. The number of thiophene rings is 1. The predicted molar refractivity (Wildman–Crippen MR) is 125 cm³/mol. The molecule has 0 amide bonds. The SMILES string of the molecule is COc1ccc(Cn2cnc3sc4c(c3c2=O)CC[C@@H](NCc2ccccc2)C4)cc1. The second kappa shape index (κ2) is 8.65. The Kier molecular flexibility index (Phi) is 5.57. The fourth-order valence-corrected chi connectivity index (χ4v) is 5.53. The summed E-state index contributed by atoms with van der Waals surface area (Å²) in [6.07, 6.45) is 4.60. The maximum atomic E-state index is 13.3. The van der Waals surface area contributed by atoms with Crippen LogP contribution in [0.4, 0.5) is 0 Å². The Morgan fingerprint density at radius 1 is 1.13 bits per heavy atom. The molecule has 0 saturated heterocycles. The molecule has 1 aliphatic carbocycles. The summed E-state index contributed by atoms with van der Waals surface area (Å²) in [5.41, 5.74) is 3.62. The number of fused-ring (bicyclic) bond motifs is 3. The quantitative estimate of drug-likeness (QED) is 0.498. The van der Waals surface area contributed by atoms with Crippen LogP contribution in [-0.2, 0) is 25.9 Å². The summed E-state index contributed by atoms with van der Waals surface area (Å²) in [5.74, 6) is 0.812. The van der Waals surface area contributed by atoms with Gasteiger partial charge in [0.05, 0.1) is 25.4 Å². The Balaban J connectivity index is 1.36. The molecule has 2 aromatic carbocycles. The van der Waals surface area contributed by atoms with Crippen molar-refractivity contribution in [1.29, 1.82) is 0 Å². The molecule has 5 rings (SSSR count). The smallest absolute Gasteiger partial charge is 0.262 e. The number of hydrogen-bond acceptors (Lipinski definition) is 5. The van der Waals surface area contributed by atoms with Crippen LogP contribution in [0.15, 0.2) is 65.7 Å². The largest absolute Gasteiger partial charge is 0.497 e. The minimum absolute atomic E-state index is 0.0639. The highest BCUT2D eigenvalue weighted by molar-refractivity contribution is 7.18. The fraction of sp³-hybridized carbons (Fsp3) is 0.280. The van der Waals surface area contributed by atoms with Gasteiger partial charge >= 0.3 is 0 Å². The van der Waals surface area contributed by atoms with Gasteiger partial charge in [-0.2, -0.15) is 0 Å². The van der Waals surface area contributed by atoms with E-state index in [2.05, 4.69) is 34.6 Å². The second-order valence-electron chi connectivity index (χ2n) is 8.02. The highest BCUT2D eigenvalue weighted by atomic mass is 32.1. The van der Waals surface area contributed by atoms with E-state index in [0.29, 0.717) is 12.6 Å². The first-order valence-electron chi connectivity index (χ1n) is 10.6. The van der Waals surface area contributed by atoms with E-state index in [1.165, 1.54) is 16.0 Å². The fourth-order valence-electron chi connectivity index (χ4n) is 4.27. The van der Waals surface area contributed by atoms with Gasteiger partial charge in [0.2, 0.25) is 0 Å². The number of benzene rings is 2. The highest BCUT2D eigenvalue weighted by Crippen LogP contribution is 2.33. The summed E-state index contributed by atoms with van der Waals surface area (Å²) in [6, 6.07) is 18.7. The monoisotopic (exact) mass is 431 g/mol. The third kappa shape index (κ3) is 4.13. The van der Waals surface area contributed by atoms with E-state index in [-0.39, 0.29) is 5.56 Å². The first-order valence-corrected chi connectivity index (χ1v) is 11.4. The summed E-state index contributed by atoms with van der Waals surface area (Å²) in [4.78, 5) is 20.1. The van der Waals surface area contributed by atoms with Gasteiger partial charge in [-0.1, -0.05) is 42.5 Å². The lowest BCUT2D eigenvalue weighted by Crippen LogP contribution is -2.33. The van der Waals surface area contributed by atoms with Crippen molar-refractivity contribution in [3.05, 3.63) is 92.8 Å². The number of aromatic nitrogens is 2. The van der Waals surface area contributed by atoms with Crippen LogP contribution < -0.4 is 15.6 Å². The van der Waals surface area contributed by atoms with Crippen LogP contribution in [0.3, 0.4) is 0 Å². The minimum atomic E-state index is 0.0639. The minimum Gasteiger partial charge on any atom is -0.497 e. The van der Waals surface area contributed by atoms with Gasteiger partial charge in [0.25, 0.3) is 5.56 Å². The van der Waals surface area contributed by atoms with Crippen molar-refractivity contribution in [2.24, 2.45) is 0 Å². The lowest BCUT2D eigenvalue weighted by Gasteiger charge is -2.23. The number of rotatable bonds is 6. The Hall–Kier alpha value is -2.96. The van der Waals surface area contributed by atoms with Crippen molar-refractivity contribution in [2.45, 2.75) is 38.4 Å². The van der Waals surface area contributed by atoms with Crippen molar-refractivity contribution in [1.82, 2.24) is 14.9 Å². The summed E-state index contributed by atoms with van der Waals surface area (Å²) < 4.78 is 6.94. The van der Waals surface area contributed by atoms with E-state index >= 15 is 0 Å². The van der Waals surface area contributed by atoms with Crippen LogP contribution in [0, 0.1) is 0 Å². The van der Waals surface area contributed by atoms with Crippen molar-refractivity contribution in [3.63, 3.8) is 0 Å². The van der Waals surface area contributed by atoms with E-state index in [4.69, 9.17) is 4.74 Å². The maximum absolute atomic E-state index is 13.3. The molecule has 6 heteroatoms. The van der Waals surface area contributed by atoms with Gasteiger partial charge in [-0.05, 0) is 48.1 Å². The first kappa shape index (κ1) is 20.0. The summed E-state index contributed by atoms with van der Waals surface area (Å²) >= 11 is 1.68. The molecule has 1 N–H and O–H groups in total. The van der Waals surface area contributed by atoms with Gasteiger partial charge in [0.15, 0.2) is 0 Å². The van der Waals surface area contributed by atoms with Crippen LogP contribution in [0.2, 0.25) is 0 Å². The molecule has 1 aliphatic rings. The first-order chi connectivity index (χ1) is 15.2. The predicted octanol–water partition coefficient (Wildman–Crippen LogP) is 4.16. The van der Waals surface area contributed by atoms with E-state index in [9.17, 15) is 4.79 Å². The normalized spacial score (nSPS) is 15.7. The number of methoxy groups -OCH3 is 1. The van der Waals surface area contributed by atoms with Crippen LogP contribution in [0.1, 0.15) is 28.0 Å². The molecule has 1 atom stereocenters. The van der Waals surface area contributed by atoms with E-state index in [1.807, 2.05) is 30.3 Å². The average molecular weight is 432 g/mol. The molecule has 5 nitrogen and oxygen atoms in total. The molecule has 2 aromatic heterocycles. The molecule has 2 heterocycles.